The number of para-hydroxylation sites is 1. The van der Waals surface area contributed by atoms with E-state index in [4.69, 9.17) is 13.9 Å². The molecule has 30 heavy (non-hydrogen) atoms. The summed E-state index contributed by atoms with van der Waals surface area (Å²) in [6, 6.07) is 15.7. The van der Waals surface area contributed by atoms with Crippen molar-refractivity contribution in [3.63, 3.8) is 0 Å². The summed E-state index contributed by atoms with van der Waals surface area (Å²) in [6.07, 6.45) is 4.93. The minimum Gasteiger partial charge on any atom is -0.493 e. The Labute approximate surface area is 174 Å². The summed E-state index contributed by atoms with van der Waals surface area (Å²) in [4.78, 5) is 15.8. The Morgan fingerprint density at radius 2 is 2.03 bits per heavy atom. The average molecular weight is 404 g/mol. The summed E-state index contributed by atoms with van der Waals surface area (Å²) in [5.74, 6) is 1.11. The SMILES string of the molecule is CCOc1ccc(C(CNC(=O)c2ccoc2)c2c[nH]c3ccccc23)cc1OC. The van der Waals surface area contributed by atoms with Gasteiger partial charge < -0.3 is 24.2 Å². The van der Waals surface area contributed by atoms with Gasteiger partial charge in [0.2, 0.25) is 0 Å². The van der Waals surface area contributed by atoms with E-state index in [0.717, 1.165) is 22.0 Å². The van der Waals surface area contributed by atoms with Crippen LogP contribution in [0.4, 0.5) is 0 Å². The van der Waals surface area contributed by atoms with Gasteiger partial charge in [-0.3, -0.25) is 4.79 Å². The number of ether oxygens (including phenoxy) is 2. The van der Waals surface area contributed by atoms with Crippen LogP contribution < -0.4 is 14.8 Å². The summed E-state index contributed by atoms with van der Waals surface area (Å²) in [5.41, 5.74) is 3.67. The molecule has 1 atom stereocenters. The number of carbonyl (C=O) groups excluding carboxylic acids is 1. The van der Waals surface area contributed by atoms with Crippen LogP contribution >= 0.6 is 0 Å². The van der Waals surface area contributed by atoms with Crippen LogP contribution in [0.25, 0.3) is 10.9 Å². The van der Waals surface area contributed by atoms with Gasteiger partial charge in [-0.15, -0.1) is 0 Å². The lowest BCUT2D eigenvalue weighted by atomic mass is 9.90. The van der Waals surface area contributed by atoms with Gasteiger partial charge in [0.25, 0.3) is 5.91 Å². The molecule has 1 amide bonds. The van der Waals surface area contributed by atoms with E-state index in [1.807, 2.05) is 49.5 Å². The number of amides is 1. The number of nitrogens with one attached hydrogen (secondary N) is 2. The maximum Gasteiger partial charge on any atom is 0.254 e. The molecule has 6 heteroatoms. The van der Waals surface area contributed by atoms with Gasteiger partial charge in [-0.25, -0.2) is 0 Å². The molecule has 2 aromatic carbocycles. The summed E-state index contributed by atoms with van der Waals surface area (Å²) >= 11 is 0. The normalized spacial score (nSPS) is 11.9. The number of furan rings is 1. The van der Waals surface area contributed by atoms with Gasteiger partial charge in [0.1, 0.15) is 6.26 Å². The topological polar surface area (TPSA) is 76.5 Å². The van der Waals surface area contributed by atoms with Crippen LogP contribution in [0.3, 0.4) is 0 Å². The van der Waals surface area contributed by atoms with Gasteiger partial charge in [0, 0.05) is 29.6 Å². The number of benzene rings is 2. The van der Waals surface area contributed by atoms with Crippen molar-refractivity contribution < 1.29 is 18.7 Å². The maximum atomic E-state index is 12.5. The number of aromatic nitrogens is 1. The quantitative estimate of drug-likeness (QED) is 0.445. The highest BCUT2D eigenvalue weighted by Gasteiger charge is 2.21. The number of hydrogen-bond donors (Lipinski definition) is 2. The van der Waals surface area contributed by atoms with Crippen molar-refractivity contribution >= 4 is 16.8 Å². The van der Waals surface area contributed by atoms with Crippen molar-refractivity contribution in [1.82, 2.24) is 10.3 Å². The van der Waals surface area contributed by atoms with E-state index in [2.05, 4.69) is 16.4 Å². The van der Waals surface area contributed by atoms with Crippen LogP contribution in [-0.2, 0) is 0 Å². The minimum absolute atomic E-state index is 0.0819. The van der Waals surface area contributed by atoms with Gasteiger partial charge >= 0.3 is 0 Å². The average Bonchev–Trinajstić information content (AvgIpc) is 3.45. The second-order valence-corrected chi connectivity index (χ2v) is 6.91. The molecular weight excluding hydrogens is 380 g/mol. The third kappa shape index (κ3) is 3.89. The third-order valence-electron chi connectivity index (χ3n) is 5.14. The molecule has 1 unspecified atom stereocenters. The molecule has 0 spiro atoms. The van der Waals surface area contributed by atoms with E-state index in [1.54, 1.807) is 13.2 Å². The highest BCUT2D eigenvalue weighted by atomic mass is 16.5. The predicted octanol–water partition coefficient (Wildman–Crippen LogP) is 4.73. The first-order valence-electron chi connectivity index (χ1n) is 9.88. The van der Waals surface area contributed by atoms with Crippen LogP contribution in [0.15, 0.2) is 71.7 Å². The first kappa shape index (κ1) is 19.6. The lowest BCUT2D eigenvalue weighted by Crippen LogP contribution is -2.28. The van der Waals surface area contributed by atoms with Crippen LogP contribution in [0.1, 0.15) is 34.3 Å². The van der Waals surface area contributed by atoms with Crippen LogP contribution in [0.5, 0.6) is 11.5 Å². The summed E-state index contributed by atoms with van der Waals surface area (Å²) in [6.45, 7) is 2.92. The van der Waals surface area contributed by atoms with Crippen molar-refractivity contribution in [3.05, 3.63) is 83.9 Å². The molecule has 0 bridgehead atoms. The molecule has 2 aromatic heterocycles. The van der Waals surface area contributed by atoms with Crippen molar-refractivity contribution in [2.45, 2.75) is 12.8 Å². The fourth-order valence-corrected chi connectivity index (χ4v) is 3.66. The van der Waals surface area contributed by atoms with Crippen molar-refractivity contribution in [3.8, 4) is 11.5 Å². The Bertz CT molecular complexity index is 1130. The number of carbonyl (C=O) groups is 1. The van der Waals surface area contributed by atoms with E-state index in [-0.39, 0.29) is 11.8 Å². The summed E-state index contributed by atoms with van der Waals surface area (Å²) in [7, 11) is 1.63. The standard InChI is InChI=1S/C24H24N2O4/c1-3-30-22-9-8-16(12-23(22)28-2)19(13-26-24(27)17-10-11-29-15-17)20-14-25-21-7-5-4-6-18(20)21/h4-12,14-15,19,25H,3,13H2,1-2H3,(H,26,27). The maximum absolute atomic E-state index is 12.5. The highest BCUT2D eigenvalue weighted by Crippen LogP contribution is 2.35. The largest absolute Gasteiger partial charge is 0.493 e. The number of rotatable bonds is 8. The zero-order valence-electron chi connectivity index (χ0n) is 17.0. The molecule has 4 rings (SSSR count). The Hall–Kier alpha value is -3.67. The first-order valence-corrected chi connectivity index (χ1v) is 9.88. The van der Waals surface area contributed by atoms with E-state index >= 15 is 0 Å². The molecule has 0 saturated heterocycles. The Morgan fingerprint density at radius 3 is 2.80 bits per heavy atom. The molecule has 0 aliphatic heterocycles. The number of hydrogen-bond acceptors (Lipinski definition) is 4. The molecule has 0 radical (unpaired) electrons. The smallest absolute Gasteiger partial charge is 0.254 e. The Kier molecular flexibility index (Phi) is 5.75. The number of H-pyrrole nitrogens is 1. The minimum atomic E-state index is -0.175. The van der Waals surface area contributed by atoms with E-state index in [0.29, 0.717) is 30.2 Å². The molecule has 0 aliphatic carbocycles. The van der Waals surface area contributed by atoms with Gasteiger partial charge in [0.15, 0.2) is 11.5 Å². The van der Waals surface area contributed by atoms with E-state index in [1.165, 1.54) is 12.5 Å². The van der Waals surface area contributed by atoms with Crippen LogP contribution in [-0.4, -0.2) is 31.2 Å². The highest BCUT2D eigenvalue weighted by molar-refractivity contribution is 5.94. The predicted molar refractivity (Wildman–Crippen MR) is 115 cm³/mol. The Balaban J connectivity index is 1.71. The van der Waals surface area contributed by atoms with Crippen molar-refractivity contribution in [2.24, 2.45) is 0 Å². The molecule has 6 nitrogen and oxygen atoms in total. The van der Waals surface area contributed by atoms with Gasteiger partial charge in [0.05, 0.1) is 25.5 Å². The molecule has 0 saturated carbocycles. The van der Waals surface area contributed by atoms with Crippen molar-refractivity contribution in [2.75, 3.05) is 20.3 Å². The van der Waals surface area contributed by atoms with Crippen LogP contribution in [0.2, 0.25) is 0 Å². The first-order chi connectivity index (χ1) is 14.7. The number of fused-ring (bicyclic) bond motifs is 1. The third-order valence-corrected chi connectivity index (χ3v) is 5.14. The van der Waals surface area contributed by atoms with E-state index < -0.39 is 0 Å². The molecule has 2 heterocycles. The number of aromatic amines is 1. The zero-order valence-corrected chi connectivity index (χ0v) is 17.0. The monoisotopic (exact) mass is 404 g/mol. The zero-order chi connectivity index (χ0) is 20.9. The van der Waals surface area contributed by atoms with Gasteiger partial charge in [-0.2, -0.15) is 0 Å². The van der Waals surface area contributed by atoms with Gasteiger partial charge in [-0.1, -0.05) is 24.3 Å². The molecule has 154 valence electrons. The second kappa shape index (κ2) is 8.78. The lowest BCUT2D eigenvalue weighted by molar-refractivity contribution is 0.0952. The summed E-state index contributed by atoms with van der Waals surface area (Å²) in [5, 5.41) is 4.15. The fourth-order valence-electron chi connectivity index (χ4n) is 3.66. The molecule has 4 aromatic rings. The Morgan fingerprint density at radius 1 is 1.17 bits per heavy atom. The lowest BCUT2D eigenvalue weighted by Gasteiger charge is -2.20. The second-order valence-electron chi connectivity index (χ2n) is 6.91. The number of methoxy groups -OCH3 is 1. The molecule has 0 fully saturated rings. The summed E-state index contributed by atoms with van der Waals surface area (Å²) < 4.78 is 16.2. The van der Waals surface area contributed by atoms with Crippen molar-refractivity contribution in [1.29, 1.82) is 0 Å². The molecule has 0 aliphatic rings. The van der Waals surface area contributed by atoms with E-state index in [9.17, 15) is 4.79 Å². The van der Waals surface area contributed by atoms with Crippen LogP contribution in [0, 0.1) is 0 Å². The molecule has 2 N–H and O–H groups in total. The fraction of sp³-hybridized carbons (Fsp3) is 0.208. The van der Waals surface area contributed by atoms with Gasteiger partial charge in [-0.05, 0) is 42.3 Å². The molecular formula is C24H24N2O4.